The Bertz CT molecular complexity index is 1140. The number of H-pyrrole nitrogens is 1. The summed E-state index contributed by atoms with van der Waals surface area (Å²) >= 11 is 0. The lowest BCUT2D eigenvalue weighted by atomic mass is 9.97. The number of imidazole rings is 2. The molecule has 5 rings (SSSR count). The van der Waals surface area contributed by atoms with Gasteiger partial charge in [0.1, 0.15) is 17.2 Å². The van der Waals surface area contributed by atoms with Crippen molar-refractivity contribution in [3.05, 3.63) is 65.9 Å². The van der Waals surface area contributed by atoms with Crippen molar-refractivity contribution in [1.82, 2.24) is 24.3 Å². The van der Waals surface area contributed by atoms with Crippen LogP contribution in [0.25, 0.3) is 16.7 Å². The number of para-hydroxylation sites is 1. The minimum absolute atomic E-state index is 0.0330. The third-order valence-electron chi connectivity index (χ3n) is 5.46. The molecule has 0 saturated carbocycles. The molecule has 6 nitrogen and oxygen atoms in total. The van der Waals surface area contributed by atoms with Crippen molar-refractivity contribution in [1.29, 1.82) is 0 Å². The summed E-state index contributed by atoms with van der Waals surface area (Å²) in [4.78, 5) is 27.7. The molecule has 1 saturated heterocycles. The van der Waals surface area contributed by atoms with Gasteiger partial charge in [0.2, 0.25) is 0 Å². The molecule has 1 aromatic carbocycles. The van der Waals surface area contributed by atoms with Crippen LogP contribution in [0.4, 0.5) is 0 Å². The Kier molecular flexibility index (Phi) is 3.70. The molecule has 4 heterocycles. The molecule has 4 aromatic rings. The molecule has 136 valence electrons. The standard InChI is InChI=1S/C21H21N5O/c1-14-6-4-8-16-19(14)24-20(23-16)15-7-5-10-25(13-15)21(27)17-12-22-18-9-2-3-11-26(17)18/h2-4,6,8-9,11-12,15H,5,7,10,13H2,1H3,(H,23,24). The number of benzene rings is 1. The van der Waals surface area contributed by atoms with Gasteiger partial charge in [-0.3, -0.25) is 9.20 Å². The molecule has 1 atom stereocenters. The summed E-state index contributed by atoms with van der Waals surface area (Å²) in [6.07, 6.45) is 5.57. The van der Waals surface area contributed by atoms with Crippen molar-refractivity contribution in [3.63, 3.8) is 0 Å². The van der Waals surface area contributed by atoms with Crippen LogP contribution in [0, 0.1) is 6.92 Å². The van der Waals surface area contributed by atoms with Crippen LogP contribution in [0.15, 0.2) is 48.8 Å². The number of aryl methyl sites for hydroxylation is 1. The Balaban J connectivity index is 1.43. The van der Waals surface area contributed by atoms with Gasteiger partial charge < -0.3 is 9.88 Å². The third-order valence-corrected chi connectivity index (χ3v) is 5.46. The SMILES string of the molecule is Cc1cccc2[nH]c(C3CCCN(C(=O)c4cnc5ccccn45)C3)nc12. The van der Waals surface area contributed by atoms with Crippen molar-refractivity contribution in [2.24, 2.45) is 0 Å². The molecule has 1 fully saturated rings. The number of piperidine rings is 1. The highest BCUT2D eigenvalue weighted by molar-refractivity contribution is 5.93. The van der Waals surface area contributed by atoms with Crippen molar-refractivity contribution < 1.29 is 4.79 Å². The minimum atomic E-state index is 0.0330. The Morgan fingerprint density at radius 1 is 1.22 bits per heavy atom. The lowest BCUT2D eigenvalue weighted by molar-refractivity contribution is 0.0698. The maximum absolute atomic E-state index is 13.1. The number of fused-ring (bicyclic) bond motifs is 2. The summed E-state index contributed by atoms with van der Waals surface area (Å²) in [6, 6.07) is 11.9. The van der Waals surface area contributed by atoms with Crippen LogP contribution in [0.2, 0.25) is 0 Å². The predicted octanol–water partition coefficient (Wildman–Crippen LogP) is 3.54. The summed E-state index contributed by atoms with van der Waals surface area (Å²) in [6.45, 7) is 3.53. The molecule has 0 bridgehead atoms. The van der Waals surface area contributed by atoms with E-state index in [1.165, 1.54) is 5.56 Å². The fourth-order valence-electron chi connectivity index (χ4n) is 4.03. The van der Waals surface area contributed by atoms with E-state index >= 15 is 0 Å². The normalized spacial score (nSPS) is 17.7. The fourth-order valence-corrected chi connectivity index (χ4v) is 4.03. The van der Waals surface area contributed by atoms with Gasteiger partial charge in [-0.1, -0.05) is 18.2 Å². The molecule has 0 aliphatic carbocycles. The van der Waals surface area contributed by atoms with E-state index in [0.29, 0.717) is 12.2 Å². The van der Waals surface area contributed by atoms with E-state index in [-0.39, 0.29) is 11.8 Å². The van der Waals surface area contributed by atoms with Gasteiger partial charge >= 0.3 is 0 Å². The Labute approximate surface area is 156 Å². The monoisotopic (exact) mass is 359 g/mol. The van der Waals surface area contributed by atoms with E-state index in [0.717, 1.165) is 41.9 Å². The number of aromatic nitrogens is 4. The van der Waals surface area contributed by atoms with E-state index in [1.54, 1.807) is 6.20 Å². The molecule has 0 spiro atoms. The summed E-state index contributed by atoms with van der Waals surface area (Å²) < 4.78 is 1.86. The van der Waals surface area contributed by atoms with Gasteiger partial charge in [0, 0.05) is 25.2 Å². The number of carbonyl (C=O) groups excluding carboxylic acids is 1. The smallest absolute Gasteiger partial charge is 0.272 e. The first kappa shape index (κ1) is 16.1. The first-order valence-corrected chi connectivity index (χ1v) is 9.37. The van der Waals surface area contributed by atoms with Crippen LogP contribution in [-0.2, 0) is 0 Å². The Morgan fingerprint density at radius 3 is 3.04 bits per heavy atom. The zero-order valence-corrected chi connectivity index (χ0v) is 15.2. The zero-order valence-electron chi connectivity index (χ0n) is 15.2. The zero-order chi connectivity index (χ0) is 18.4. The van der Waals surface area contributed by atoms with E-state index in [9.17, 15) is 4.79 Å². The quantitative estimate of drug-likeness (QED) is 0.595. The van der Waals surface area contributed by atoms with Crippen LogP contribution in [-0.4, -0.2) is 43.2 Å². The predicted molar refractivity (Wildman–Crippen MR) is 104 cm³/mol. The number of hydrogen-bond acceptors (Lipinski definition) is 3. The van der Waals surface area contributed by atoms with Crippen LogP contribution in [0.1, 0.15) is 40.6 Å². The van der Waals surface area contributed by atoms with E-state index in [2.05, 4.69) is 29.0 Å². The first-order chi connectivity index (χ1) is 13.2. The minimum Gasteiger partial charge on any atom is -0.342 e. The van der Waals surface area contributed by atoms with Crippen molar-refractivity contribution in [2.45, 2.75) is 25.7 Å². The van der Waals surface area contributed by atoms with Crippen LogP contribution >= 0.6 is 0 Å². The number of nitrogens with zero attached hydrogens (tertiary/aromatic N) is 4. The average molecular weight is 359 g/mol. The second kappa shape index (κ2) is 6.23. The number of pyridine rings is 1. The van der Waals surface area contributed by atoms with Gasteiger partial charge in [0.25, 0.3) is 5.91 Å². The van der Waals surface area contributed by atoms with Gasteiger partial charge in [0.05, 0.1) is 17.2 Å². The number of nitrogens with one attached hydrogen (secondary N) is 1. The van der Waals surface area contributed by atoms with E-state index in [4.69, 9.17) is 4.98 Å². The number of amides is 1. The molecule has 1 amide bonds. The number of carbonyl (C=O) groups is 1. The van der Waals surface area contributed by atoms with Gasteiger partial charge in [-0.2, -0.15) is 0 Å². The maximum atomic E-state index is 13.1. The van der Waals surface area contributed by atoms with Crippen molar-refractivity contribution >= 4 is 22.6 Å². The van der Waals surface area contributed by atoms with Crippen LogP contribution in [0.5, 0.6) is 0 Å². The highest BCUT2D eigenvalue weighted by Crippen LogP contribution is 2.28. The highest BCUT2D eigenvalue weighted by Gasteiger charge is 2.28. The Hall–Kier alpha value is -3.15. The van der Waals surface area contributed by atoms with Gasteiger partial charge in [-0.05, 0) is 43.5 Å². The molecule has 0 radical (unpaired) electrons. The van der Waals surface area contributed by atoms with Gasteiger partial charge in [0.15, 0.2) is 0 Å². The van der Waals surface area contributed by atoms with E-state index in [1.807, 2.05) is 39.8 Å². The molecule has 1 aliphatic heterocycles. The summed E-state index contributed by atoms with van der Waals surface area (Å²) in [5, 5.41) is 0. The fraction of sp³-hybridized carbons (Fsp3) is 0.286. The first-order valence-electron chi connectivity index (χ1n) is 9.37. The van der Waals surface area contributed by atoms with E-state index < -0.39 is 0 Å². The lowest BCUT2D eigenvalue weighted by Crippen LogP contribution is -2.39. The average Bonchev–Trinajstić information content (AvgIpc) is 3.33. The van der Waals surface area contributed by atoms with Gasteiger partial charge in [-0.15, -0.1) is 0 Å². The molecule has 6 heteroatoms. The maximum Gasteiger partial charge on any atom is 0.272 e. The Morgan fingerprint density at radius 2 is 2.15 bits per heavy atom. The molecule has 1 unspecified atom stereocenters. The van der Waals surface area contributed by atoms with Crippen LogP contribution < -0.4 is 0 Å². The number of hydrogen-bond donors (Lipinski definition) is 1. The number of rotatable bonds is 2. The number of aromatic amines is 1. The topological polar surface area (TPSA) is 66.3 Å². The summed E-state index contributed by atoms with van der Waals surface area (Å²) in [5.74, 6) is 1.24. The summed E-state index contributed by atoms with van der Waals surface area (Å²) in [5.41, 5.74) is 4.67. The molecule has 3 aromatic heterocycles. The molecular weight excluding hydrogens is 338 g/mol. The summed E-state index contributed by atoms with van der Waals surface area (Å²) in [7, 11) is 0. The molecule has 1 N–H and O–H groups in total. The molecule has 27 heavy (non-hydrogen) atoms. The van der Waals surface area contributed by atoms with Crippen LogP contribution in [0.3, 0.4) is 0 Å². The largest absolute Gasteiger partial charge is 0.342 e. The molecular formula is C21H21N5O. The van der Waals surface area contributed by atoms with Crippen molar-refractivity contribution in [2.75, 3.05) is 13.1 Å². The number of likely N-dealkylation sites (tertiary alicyclic amines) is 1. The lowest BCUT2D eigenvalue weighted by Gasteiger charge is -2.31. The van der Waals surface area contributed by atoms with Gasteiger partial charge in [-0.25, -0.2) is 9.97 Å². The second-order valence-electron chi connectivity index (χ2n) is 7.26. The molecule has 1 aliphatic rings. The second-order valence-corrected chi connectivity index (χ2v) is 7.26. The highest BCUT2D eigenvalue weighted by atomic mass is 16.2. The third kappa shape index (κ3) is 2.68. The van der Waals surface area contributed by atoms with Crippen molar-refractivity contribution in [3.8, 4) is 0 Å².